The van der Waals surface area contributed by atoms with Crippen LogP contribution in [0.25, 0.3) is 22.4 Å². The maximum absolute atomic E-state index is 13.1. The summed E-state index contributed by atoms with van der Waals surface area (Å²) >= 11 is 0. The van der Waals surface area contributed by atoms with E-state index >= 15 is 0 Å². The van der Waals surface area contributed by atoms with Crippen LogP contribution in [0.5, 0.6) is 0 Å². The van der Waals surface area contributed by atoms with Gasteiger partial charge in [-0.3, -0.25) is 4.72 Å². The average Bonchev–Trinajstić information content (AvgIpc) is 3.01. The van der Waals surface area contributed by atoms with Gasteiger partial charge in [-0.05, 0) is 49.2 Å². The third-order valence-electron chi connectivity index (χ3n) is 5.42. The van der Waals surface area contributed by atoms with E-state index in [-0.39, 0.29) is 4.90 Å². The van der Waals surface area contributed by atoms with Crippen molar-refractivity contribution in [2.45, 2.75) is 37.1 Å². The second kappa shape index (κ2) is 7.66. The lowest BCUT2D eigenvalue weighted by Crippen LogP contribution is -2.14. The van der Waals surface area contributed by atoms with E-state index in [1.54, 1.807) is 18.2 Å². The number of hydrogen-bond donors (Lipinski definition) is 1. The Labute approximate surface area is 178 Å². The highest BCUT2D eigenvalue weighted by Gasteiger charge is 2.21. The molecule has 1 aliphatic heterocycles. The molecule has 1 aliphatic rings. The van der Waals surface area contributed by atoms with Gasteiger partial charge in [0.25, 0.3) is 10.0 Å². The number of fused-ring (bicyclic) bond motifs is 2. The Morgan fingerprint density at radius 2 is 1.84 bits per heavy atom. The Kier molecular flexibility index (Phi) is 4.82. The third kappa shape index (κ3) is 3.72. The van der Waals surface area contributed by atoms with Gasteiger partial charge in [0.05, 0.1) is 10.6 Å². The minimum atomic E-state index is -3.88. The number of sulfonamides is 1. The largest absolute Gasteiger partial charge is 0.423 e. The van der Waals surface area contributed by atoms with Crippen molar-refractivity contribution in [2.24, 2.45) is 0 Å². The third-order valence-corrected chi connectivity index (χ3v) is 6.79. The van der Waals surface area contributed by atoms with Gasteiger partial charge in [-0.15, -0.1) is 10.2 Å². The first-order valence-electron chi connectivity index (χ1n) is 10.1. The molecule has 0 atom stereocenters. The summed E-state index contributed by atoms with van der Waals surface area (Å²) in [6.07, 6.45) is 4.13. The average molecular weight is 436 g/mol. The normalized spacial score (nSPS) is 14.2. The van der Waals surface area contributed by atoms with Crippen LogP contribution in [-0.4, -0.2) is 23.2 Å². The molecule has 3 heterocycles. The maximum Gasteiger partial charge on any atom is 0.336 e. The van der Waals surface area contributed by atoms with Crippen LogP contribution >= 0.6 is 0 Å². The maximum atomic E-state index is 13.1. The summed E-state index contributed by atoms with van der Waals surface area (Å²) in [6, 6.07) is 14.4. The smallest absolute Gasteiger partial charge is 0.336 e. The second-order valence-electron chi connectivity index (χ2n) is 7.51. The van der Waals surface area contributed by atoms with E-state index in [1.807, 2.05) is 12.1 Å². The first-order valence-corrected chi connectivity index (χ1v) is 11.6. The number of hydrogen-bond acceptors (Lipinski definition) is 6. The molecule has 0 unspecified atom stereocenters. The molecule has 1 N–H and O–H groups in total. The van der Waals surface area contributed by atoms with Gasteiger partial charge in [-0.25, -0.2) is 13.2 Å². The summed E-state index contributed by atoms with van der Waals surface area (Å²) in [6.45, 7) is 0.814. The van der Waals surface area contributed by atoms with E-state index in [1.165, 1.54) is 24.3 Å². The van der Waals surface area contributed by atoms with E-state index < -0.39 is 15.6 Å². The predicted octanol–water partition coefficient (Wildman–Crippen LogP) is 3.58. The molecule has 5 rings (SSSR count). The number of anilines is 1. The van der Waals surface area contributed by atoms with E-state index in [0.717, 1.165) is 38.1 Å². The lowest BCUT2D eigenvalue weighted by Gasteiger charge is -2.14. The van der Waals surface area contributed by atoms with Crippen molar-refractivity contribution in [3.63, 3.8) is 0 Å². The van der Waals surface area contributed by atoms with Crippen molar-refractivity contribution in [3.8, 4) is 11.4 Å². The lowest BCUT2D eigenvalue weighted by atomic mass is 10.1. The molecule has 2 aromatic heterocycles. The molecule has 0 radical (unpaired) electrons. The second-order valence-corrected chi connectivity index (χ2v) is 9.19. The molecule has 158 valence electrons. The molecule has 0 fully saturated rings. The Balaban J connectivity index is 1.53. The van der Waals surface area contributed by atoms with E-state index in [4.69, 9.17) is 4.42 Å². The van der Waals surface area contributed by atoms with Gasteiger partial charge in [0, 0.05) is 30.0 Å². The van der Waals surface area contributed by atoms with Crippen LogP contribution < -0.4 is 10.3 Å². The minimum absolute atomic E-state index is 0.0729. The Hall–Kier alpha value is -3.46. The first-order chi connectivity index (χ1) is 15.0. The van der Waals surface area contributed by atoms with Crippen molar-refractivity contribution in [2.75, 3.05) is 4.72 Å². The summed E-state index contributed by atoms with van der Waals surface area (Å²) in [7, 11) is -3.88. The van der Waals surface area contributed by atoms with Gasteiger partial charge in [-0.1, -0.05) is 18.6 Å². The van der Waals surface area contributed by atoms with E-state index in [9.17, 15) is 13.2 Å². The van der Waals surface area contributed by atoms with Crippen LogP contribution in [0, 0.1) is 0 Å². The van der Waals surface area contributed by atoms with Crippen molar-refractivity contribution in [1.82, 2.24) is 14.8 Å². The zero-order valence-corrected chi connectivity index (χ0v) is 17.4. The number of nitrogens with one attached hydrogen (secondary N) is 1. The molecule has 0 saturated heterocycles. The highest BCUT2D eigenvalue weighted by molar-refractivity contribution is 7.92. The van der Waals surface area contributed by atoms with Gasteiger partial charge in [0.2, 0.25) is 0 Å². The first kappa shape index (κ1) is 19.5. The summed E-state index contributed by atoms with van der Waals surface area (Å²) < 4.78 is 36.1. The molecule has 0 amide bonds. The van der Waals surface area contributed by atoms with Crippen molar-refractivity contribution < 1.29 is 12.8 Å². The number of nitrogens with zero attached hydrogens (tertiary/aromatic N) is 3. The van der Waals surface area contributed by atoms with Crippen molar-refractivity contribution in [3.05, 3.63) is 70.8 Å². The Morgan fingerprint density at radius 1 is 0.968 bits per heavy atom. The Bertz CT molecular complexity index is 1440. The number of rotatable bonds is 4. The molecular weight excluding hydrogens is 416 g/mol. The number of benzene rings is 2. The summed E-state index contributed by atoms with van der Waals surface area (Å²) in [4.78, 5) is 11.4. The number of aryl methyl sites for hydroxylation is 1. The van der Waals surface area contributed by atoms with E-state index in [0.29, 0.717) is 28.0 Å². The van der Waals surface area contributed by atoms with Crippen LogP contribution in [0.2, 0.25) is 0 Å². The zero-order chi connectivity index (χ0) is 21.4. The van der Waals surface area contributed by atoms with Gasteiger partial charge >= 0.3 is 5.63 Å². The van der Waals surface area contributed by atoms with Crippen LogP contribution in [0.15, 0.2) is 68.7 Å². The highest BCUT2D eigenvalue weighted by Crippen LogP contribution is 2.31. The van der Waals surface area contributed by atoms with Crippen molar-refractivity contribution >= 4 is 26.7 Å². The fourth-order valence-corrected chi connectivity index (χ4v) is 4.99. The van der Waals surface area contributed by atoms with E-state index in [2.05, 4.69) is 19.5 Å². The van der Waals surface area contributed by atoms with Gasteiger partial charge in [0.1, 0.15) is 11.4 Å². The quantitative estimate of drug-likeness (QED) is 0.490. The standard InChI is InChI=1S/C22H20N4O4S/c27-21-12-9-15-14-16(10-11-19(15)30-21)31(28,29)25-18-7-4-3-6-17(18)22-24-23-20-8-2-1-5-13-26(20)22/h3-4,6-7,9-12,14,25H,1-2,5,8,13H2. The molecule has 31 heavy (non-hydrogen) atoms. The van der Waals surface area contributed by atoms with Crippen LogP contribution in [-0.2, 0) is 23.0 Å². The van der Waals surface area contributed by atoms with Crippen LogP contribution in [0.4, 0.5) is 5.69 Å². The molecule has 4 aromatic rings. The molecule has 0 aliphatic carbocycles. The fraction of sp³-hybridized carbons (Fsp3) is 0.227. The highest BCUT2D eigenvalue weighted by atomic mass is 32.2. The summed E-state index contributed by atoms with van der Waals surface area (Å²) in [5, 5.41) is 9.21. The molecule has 0 spiro atoms. The van der Waals surface area contributed by atoms with Crippen LogP contribution in [0.3, 0.4) is 0 Å². The monoisotopic (exact) mass is 436 g/mol. The molecule has 9 heteroatoms. The molecule has 8 nitrogen and oxygen atoms in total. The minimum Gasteiger partial charge on any atom is -0.423 e. The molecular formula is C22H20N4O4S. The number of aromatic nitrogens is 3. The molecule has 0 saturated carbocycles. The topological polar surface area (TPSA) is 107 Å². The summed E-state index contributed by atoms with van der Waals surface area (Å²) in [5.74, 6) is 1.59. The zero-order valence-electron chi connectivity index (χ0n) is 16.6. The fourth-order valence-electron chi connectivity index (χ4n) is 3.87. The van der Waals surface area contributed by atoms with Crippen molar-refractivity contribution in [1.29, 1.82) is 0 Å². The SMILES string of the molecule is O=c1ccc2cc(S(=O)(=O)Nc3ccccc3-c3nnc4n3CCCCC4)ccc2o1. The lowest BCUT2D eigenvalue weighted by molar-refractivity contribution is 0.560. The Morgan fingerprint density at radius 3 is 2.74 bits per heavy atom. The predicted molar refractivity (Wildman–Crippen MR) is 116 cm³/mol. The summed E-state index contributed by atoms with van der Waals surface area (Å²) in [5.41, 5.74) is 0.959. The molecule has 0 bridgehead atoms. The van der Waals surface area contributed by atoms with Gasteiger partial charge in [0.15, 0.2) is 5.82 Å². The van der Waals surface area contributed by atoms with Gasteiger partial charge in [-0.2, -0.15) is 0 Å². The molecule has 2 aromatic carbocycles. The number of para-hydroxylation sites is 1. The van der Waals surface area contributed by atoms with Crippen LogP contribution in [0.1, 0.15) is 25.1 Å². The van der Waals surface area contributed by atoms with Gasteiger partial charge < -0.3 is 8.98 Å².